The van der Waals surface area contributed by atoms with Gasteiger partial charge in [-0.1, -0.05) is 32.4 Å². The molecule has 0 saturated heterocycles. The molecule has 3 rings (SSSR count). The van der Waals surface area contributed by atoms with Gasteiger partial charge in [-0.3, -0.25) is 4.79 Å². The normalized spacial score (nSPS) is 16.9. The number of nitrogens with one attached hydrogen (secondary N) is 1. The molecule has 7 heteroatoms. The van der Waals surface area contributed by atoms with Gasteiger partial charge in [-0.05, 0) is 74.3 Å². The van der Waals surface area contributed by atoms with E-state index in [0.29, 0.717) is 27.3 Å². The number of ether oxygens (including phenoxy) is 2. The van der Waals surface area contributed by atoms with Crippen LogP contribution in [0.5, 0.6) is 5.75 Å². The summed E-state index contributed by atoms with van der Waals surface area (Å²) in [5.74, 6) is 0.391. The second-order valence-electron chi connectivity index (χ2n) is 8.94. The Hall–Kier alpha value is -2.05. The maximum atomic E-state index is 12.8. The molecule has 2 unspecified atom stereocenters. The van der Waals surface area contributed by atoms with E-state index in [9.17, 15) is 9.59 Å². The van der Waals surface area contributed by atoms with Gasteiger partial charge >= 0.3 is 5.97 Å². The van der Waals surface area contributed by atoms with Gasteiger partial charge < -0.3 is 14.8 Å². The average Bonchev–Trinajstić information content (AvgIpc) is 3.06. The van der Waals surface area contributed by atoms with Gasteiger partial charge in [0, 0.05) is 9.90 Å². The Balaban J connectivity index is 1.82. The molecule has 1 aromatic heterocycles. The first-order chi connectivity index (χ1) is 14.6. The van der Waals surface area contributed by atoms with E-state index in [0.717, 1.165) is 29.7 Å². The monoisotopic (exact) mass is 463 g/mol. The van der Waals surface area contributed by atoms with Crippen LogP contribution in [0.4, 0.5) is 5.00 Å². The Kier molecular flexibility index (Phi) is 7.32. The number of rotatable bonds is 6. The molecule has 2 aromatic rings. The number of carbonyl (C=O) groups is 2. The van der Waals surface area contributed by atoms with Gasteiger partial charge in [0.2, 0.25) is 0 Å². The van der Waals surface area contributed by atoms with Gasteiger partial charge in [0.1, 0.15) is 10.8 Å². The van der Waals surface area contributed by atoms with Crippen molar-refractivity contribution in [3.05, 3.63) is 45.3 Å². The lowest BCUT2D eigenvalue weighted by Crippen LogP contribution is -2.30. The van der Waals surface area contributed by atoms with Gasteiger partial charge in [-0.2, -0.15) is 0 Å². The molecule has 1 amide bonds. The maximum Gasteiger partial charge on any atom is 0.341 e. The zero-order chi connectivity index (χ0) is 22.8. The highest BCUT2D eigenvalue weighted by molar-refractivity contribution is 7.17. The molecule has 168 valence electrons. The molecule has 1 heterocycles. The molecule has 1 aromatic carbocycles. The number of esters is 1. The minimum atomic E-state index is -0.738. The lowest BCUT2D eigenvalue weighted by molar-refractivity contribution is -0.122. The summed E-state index contributed by atoms with van der Waals surface area (Å²) in [5, 5.41) is 4.07. The summed E-state index contributed by atoms with van der Waals surface area (Å²) >= 11 is 7.39. The number of hydrogen-bond donors (Lipinski definition) is 1. The van der Waals surface area contributed by atoms with Gasteiger partial charge in [0.15, 0.2) is 6.10 Å². The third-order valence-corrected chi connectivity index (χ3v) is 7.12. The van der Waals surface area contributed by atoms with Gasteiger partial charge in [0.25, 0.3) is 5.91 Å². The maximum absolute atomic E-state index is 12.8. The summed E-state index contributed by atoms with van der Waals surface area (Å²) in [7, 11) is 0. The number of anilines is 1. The van der Waals surface area contributed by atoms with Crippen molar-refractivity contribution in [2.45, 2.75) is 60.0 Å². The minimum absolute atomic E-state index is 0.191. The Bertz CT molecular complexity index is 946. The summed E-state index contributed by atoms with van der Waals surface area (Å²) in [4.78, 5) is 26.7. The predicted molar refractivity (Wildman–Crippen MR) is 125 cm³/mol. The van der Waals surface area contributed by atoms with Crippen LogP contribution >= 0.6 is 22.9 Å². The minimum Gasteiger partial charge on any atom is -0.481 e. The van der Waals surface area contributed by atoms with Crippen molar-refractivity contribution in [3.8, 4) is 5.75 Å². The fourth-order valence-electron chi connectivity index (χ4n) is 3.82. The fraction of sp³-hybridized carbons (Fsp3) is 0.500. The molecule has 5 nitrogen and oxygen atoms in total. The number of thiophene rings is 1. The van der Waals surface area contributed by atoms with Crippen LogP contribution in [-0.4, -0.2) is 24.6 Å². The molecule has 1 aliphatic rings. The highest BCUT2D eigenvalue weighted by atomic mass is 35.5. The second-order valence-corrected chi connectivity index (χ2v) is 10.5. The number of benzene rings is 1. The Labute approximate surface area is 193 Å². The van der Waals surface area contributed by atoms with Gasteiger partial charge in [0.05, 0.1) is 12.2 Å². The number of hydrogen-bond acceptors (Lipinski definition) is 5. The smallest absolute Gasteiger partial charge is 0.341 e. The topological polar surface area (TPSA) is 64.6 Å². The summed E-state index contributed by atoms with van der Waals surface area (Å²) in [6.07, 6.45) is 2.00. The zero-order valence-electron chi connectivity index (χ0n) is 18.7. The summed E-state index contributed by atoms with van der Waals surface area (Å²) < 4.78 is 11.0. The van der Waals surface area contributed by atoms with E-state index in [1.54, 1.807) is 38.1 Å². The first kappa shape index (κ1) is 23.6. The summed E-state index contributed by atoms with van der Waals surface area (Å²) in [5.41, 5.74) is 1.71. The van der Waals surface area contributed by atoms with Crippen LogP contribution in [0.15, 0.2) is 24.3 Å². The van der Waals surface area contributed by atoms with Crippen molar-refractivity contribution < 1.29 is 19.1 Å². The Morgan fingerprint density at radius 2 is 1.94 bits per heavy atom. The van der Waals surface area contributed by atoms with Gasteiger partial charge in [-0.15, -0.1) is 11.3 Å². The van der Waals surface area contributed by atoms with Crippen molar-refractivity contribution >= 4 is 39.8 Å². The molecule has 1 N–H and O–H groups in total. The van der Waals surface area contributed by atoms with Crippen LogP contribution in [0.1, 0.15) is 61.8 Å². The van der Waals surface area contributed by atoms with Crippen molar-refractivity contribution in [2.75, 3.05) is 11.9 Å². The van der Waals surface area contributed by atoms with E-state index >= 15 is 0 Å². The van der Waals surface area contributed by atoms with E-state index in [1.165, 1.54) is 11.3 Å². The molecule has 0 aliphatic heterocycles. The molecular formula is C24H30ClNO4S. The molecular weight excluding hydrogens is 434 g/mol. The molecule has 0 saturated carbocycles. The molecule has 0 fully saturated rings. The molecule has 0 bridgehead atoms. The second kappa shape index (κ2) is 9.61. The van der Waals surface area contributed by atoms with E-state index in [2.05, 4.69) is 26.1 Å². The standard InChI is InChI=1S/C24H30ClNO4S/c1-6-29-23(28)20-18-12-7-15(24(3,4)5)13-19(18)31-22(20)26-21(27)14(2)30-17-10-8-16(25)9-11-17/h8-11,14-15H,6-7,12-13H2,1-5H3,(H,26,27). The third-order valence-electron chi connectivity index (χ3n) is 5.70. The van der Waals surface area contributed by atoms with Crippen molar-refractivity contribution in [3.63, 3.8) is 0 Å². The van der Waals surface area contributed by atoms with Crippen molar-refractivity contribution in [2.24, 2.45) is 11.3 Å². The number of halogens is 1. The highest BCUT2D eigenvalue weighted by Crippen LogP contribution is 2.44. The van der Waals surface area contributed by atoms with Crippen molar-refractivity contribution in [1.29, 1.82) is 0 Å². The zero-order valence-corrected chi connectivity index (χ0v) is 20.3. The molecule has 0 spiro atoms. The van der Waals surface area contributed by atoms with E-state index in [4.69, 9.17) is 21.1 Å². The molecule has 2 atom stereocenters. The molecule has 1 aliphatic carbocycles. The molecule has 0 radical (unpaired) electrons. The predicted octanol–water partition coefficient (Wildman–Crippen LogP) is 6.14. The van der Waals surface area contributed by atoms with Crippen LogP contribution in [0.25, 0.3) is 0 Å². The van der Waals surface area contributed by atoms with Crippen LogP contribution in [0.3, 0.4) is 0 Å². The quantitative estimate of drug-likeness (QED) is 0.523. The average molecular weight is 464 g/mol. The first-order valence-corrected chi connectivity index (χ1v) is 11.8. The van der Waals surface area contributed by atoms with Gasteiger partial charge in [-0.25, -0.2) is 4.79 Å². The van der Waals surface area contributed by atoms with E-state index in [1.807, 2.05) is 0 Å². The summed E-state index contributed by atoms with van der Waals surface area (Å²) in [6, 6.07) is 6.85. The van der Waals surface area contributed by atoms with Crippen LogP contribution in [0.2, 0.25) is 5.02 Å². The number of fused-ring (bicyclic) bond motifs is 1. The SMILES string of the molecule is CCOC(=O)c1c(NC(=O)C(C)Oc2ccc(Cl)cc2)sc2c1CCC(C(C)(C)C)C2. The first-order valence-electron chi connectivity index (χ1n) is 10.6. The lowest BCUT2D eigenvalue weighted by atomic mass is 9.72. The Morgan fingerprint density at radius 1 is 1.26 bits per heavy atom. The van der Waals surface area contributed by atoms with Crippen LogP contribution in [-0.2, 0) is 22.4 Å². The Morgan fingerprint density at radius 3 is 2.55 bits per heavy atom. The van der Waals surface area contributed by atoms with Crippen LogP contribution < -0.4 is 10.1 Å². The van der Waals surface area contributed by atoms with Crippen LogP contribution in [0, 0.1) is 11.3 Å². The molecule has 31 heavy (non-hydrogen) atoms. The highest BCUT2D eigenvalue weighted by Gasteiger charge is 2.34. The largest absolute Gasteiger partial charge is 0.481 e. The number of carbonyl (C=O) groups excluding carboxylic acids is 2. The fourth-order valence-corrected chi connectivity index (χ4v) is 5.26. The third kappa shape index (κ3) is 5.60. The number of amides is 1. The van der Waals surface area contributed by atoms with Crippen molar-refractivity contribution in [1.82, 2.24) is 0 Å². The lowest BCUT2D eigenvalue weighted by Gasteiger charge is -2.33. The van der Waals surface area contributed by atoms with E-state index < -0.39 is 6.10 Å². The summed E-state index contributed by atoms with van der Waals surface area (Å²) in [6.45, 7) is 10.5. The van der Waals surface area contributed by atoms with E-state index in [-0.39, 0.29) is 23.9 Å².